The first kappa shape index (κ1) is 22.5. The topological polar surface area (TPSA) is 77.3 Å². The lowest BCUT2D eigenvalue weighted by Crippen LogP contribution is -2.39. The predicted molar refractivity (Wildman–Crippen MR) is 135 cm³/mol. The molecule has 2 aliphatic heterocycles. The van der Waals surface area contributed by atoms with E-state index in [2.05, 4.69) is 4.57 Å². The van der Waals surface area contributed by atoms with Crippen LogP contribution in [0.25, 0.3) is 22.6 Å². The van der Waals surface area contributed by atoms with Crippen molar-refractivity contribution in [1.29, 1.82) is 0 Å². The molecule has 0 radical (unpaired) electrons. The minimum atomic E-state index is -3.58. The number of hydrogen-bond donors (Lipinski definition) is 0. The van der Waals surface area contributed by atoms with Crippen LogP contribution in [0.1, 0.15) is 30.1 Å². The molecule has 0 aliphatic carbocycles. The van der Waals surface area contributed by atoms with Gasteiger partial charge in [0.15, 0.2) is 5.65 Å². The molecular weight excluding hydrogens is 484 g/mol. The highest BCUT2D eigenvalue weighted by Gasteiger charge is 2.33. The van der Waals surface area contributed by atoms with E-state index in [0.29, 0.717) is 42.5 Å². The molecule has 0 amide bonds. The molecule has 0 atom stereocenters. The Morgan fingerprint density at radius 2 is 1.83 bits per heavy atom. The van der Waals surface area contributed by atoms with Crippen LogP contribution in [-0.4, -0.2) is 47.0 Å². The quantitative estimate of drug-likeness (QED) is 0.387. The second-order valence-corrected chi connectivity index (χ2v) is 11.4. The molecule has 1 fully saturated rings. The lowest BCUT2D eigenvalue weighted by atomic mass is 10.1. The van der Waals surface area contributed by atoms with Crippen molar-refractivity contribution in [2.45, 2.75) is 37.1 Å². The minimum Gasteiger partial charge on any atom is -0.493 e. The molecule has 0 bridgehead atoms. The Morgan fingerprint density at radius 1 is 1.03 bits per heavy atom. The molecular formula is C26H25ClN4O3S. The molecule has 4 aromatic rings. The Hall–Kier alpha value is -2.94. The third-order valence-corrected chi connectivity index (χ3v) is 9.10. The Balaban J connectivity index is 1.32. The molecule has 9 heteroatoms. The molecule has 4 heterocycles. The van der Waals surface area contributed by atoms with Gasteiger partial charge in [-0.05, 0) is 67.8 Å². The van der Waals surface area contributed by atoms with E-state index in [9.17, 15) is 8.42 Å². The van der Waals surface area contributed by atoms with E-state index < -0.39 is 10.0 Å². The van der Waals surface area contributed by atoms with Crippen LogP contribution in [-0.2, 0) is 16.4 Å². The van der Waals surface area contributed by atoms with Gasteiger partial charge < -0.3 is 9.30 Å². The normalized spacial score (nSPS) is 17.0. The fourth-order valence-corrected chi connectivity index (χ4v) is 6.80. The number of imidazole rings is 1. The number of nitrogens with zero attached hydrogens (tertiary/aromatic N) is 4. The summed E-state index contributed by atoms with van der Waals surface area (Å²) in [6.07, 6.45) is 2.06. The SMILES string of the molecule is Cc1ccc2nc(-c3ccccc3Cl)n(C3CCN(S(=O)(=O)c4ccc5c(c4)CCO5)CC3)c2n1. The van der Waals surface area contributed by atoms with Crippen molar-refractivity contribution in [3.05, 3.63) is 70.9 Å². The van der Waals surface area contributed by atoms with Gasteiger partial charge >= 0.3 is 0 Å². The molecule has 1 saturated heterocycles. The average Bonchev–Trinajstić information content (AvgIpc) is 3.48. The number of fused-ring (bicyclic) bond motifs is 2. The van der Waals surface area contributed by atoms with Gasteiger partial charge in [0.05, 0.1) is 16.5 Å². The molecule has 2 aliphatic rings. The van der Waals surface area contributed by atoms with Crippen molar-refractivity contribution in [3.63, 3.8) is 0 Å². The average molecular weight is 509 g/mol. The van der Waals surface area contributed by atoms with Gasteiger partial charge in [0, 0.05) is 36.8 Å². The maximum Gasteiger partial charge on any atom is 0.243 e. The summed E-state index contributed by atoms with van der Waals surface area (Å²) in [5.41, 5.74) is 4.32. The van der Waals surface area contributed by atoms with E-state index >= 15 is 0 Å². The fraction of sp³-hybridized carbons (Fsp3) is 0.308. The maximum absolute atomic E-state index is 13.4. The lowest BCUT2D eigenvalue weighted by molar-refractivity contribution is 0.278. The van der Waals surface area contributed by atoms with Gasteiger partial charge in [-0.25, -0.2) is 18.4 Å². The first-order valence-corrected chi connectivity index (χ1v) is 13.6. The Kier molecular flexibility index (Phi) is 5.55. The third kappa shape index (κ3) is 3.90. The Bertz CT molecular complexity index is 1540. The van der Waals surface area contributed by atoms with Crippen molar-refractivity contribution >= 4 is 32.8 Å². The predicted octanol–water partition coefficient (Wildman–Crippen LogP) is 5.02. The van der Waals surface area contributed by atoms with Crippen LogP contribution in [0.3, 0.4) is 0 Å². The molecule has 2 aromatic carbocycles. The number of hydrogen-bond acceptors (Lipinski definition) is 5. The molecule has 0 spiro atoms. The van der Waals surface area contributed by atoms with E-state index in [-0.39, 0.29) is 6.04 Å². The number of aromatic nitrogens is 3. The van der Waals surface area contributed by atoms with Crippen molar-refractivity contribution in [2.24, 2.45) is 0 Å². The summed E-state index contributed by atoms with van der Waals surface area (Å²) in [7, 11) is -3.58. The summed E-state index contributed by atoms with van der Waals surface area (Å²) in [4.78, 5) is 10.0. The first-order chi connectivity index (χ1) is 16.9. The summed E-state index contributed by atoms with van der Waals surface area (Å²) in [5.74, 6) is 1.55. The zero-order valence-electron chi connectivity index (χ0n) is 19.3. The van der Waals surface area contributed by atoms with Crippen LogP contribution in [0.2, 0.25) is 5.02 Å². The van der Waals surface area contributed by atoms with Gasteiger partial charge in [0.2, 0.25) is 10.0 Å². The molecule has 6 rings (SSSR count). The standard InChI is InChI=1S/C26H25ClN4O3S/c1-17-6-8-23-26(28-17)31(25(29-23)21-4-2-3-5-22(21)27)19-10-13-30(14-11-19)35(32,33)20-7-9-24-18(16-20)12-15-34-24/h2-9,16,19H,10-15H2,1H3. The molecule has 0 unspecified atom stereocenters. The van der Waals surface area contributed by atoms with Crippen molar-refractivity contribution in [2.75, 3.05) is 19.7 Å². The maximum atomic E-state index is 13.4. The summed E-state index contributed by atoms with van der Waals surface area (Å²) in [6.45, 7) is 3.41. The first-order valence-electron chi connectivity index (χ1n) is 11.8. The van der Waals surface area contributed by atoms with Gasteiger partial charge in [-0.2, -0.15) is 4.31 Å². The van der Waals surface area contributed by atoms with Gasteiger partial charge in [-0.15, -0.1) is 0 Å². The highest BCUT2D eigenvalue weighted by Crippen LogP contribution is 2.37. The van der Waals surface area contributed by atoms with Gasteiger partial charge in [-0.1, -0.05) is 23.7 Å². The van der Waals surface area contributed by atoms with Gasteiger partial charge in [0.1, 0.15) is 17.1 Å². The Morgan fingerprint density at radius 3 is 2.63 bits per heavy atom. The van der Waals surface area contributed by atoms with E-state index in [1.54, 1.807) is 22.5 Å². The monoisotopic (exact) mass is 508 g/mol. The molecule has 7 nitrogen and oxygen atoms in total. The van der Waals surface area contributed by atoms with Gasteiger partial charge in [0.25, 0.3) is 0 Å². The van der Waals surface area contributed by atoms with Crippen LogP contribution in [0.4, 0.5) is 0 Å². The summed E-state index contributed by atoms with van der Waals surface area (Å²) in [6, 6.07) is 16.8. The summed E-state index contributed by atoms with van der Waals surface area (Å²) < 4.78 is 36.1. The summed E-state index contributed by atoms with van der Waals surface area (Å²) >= 11 is 6.55. The number of ether oxygens (including phenoxy) is 1. The van der Waals surface area contributed by atoms with E-state index in [4.69, 9.17) is 26.3 Å². The van der Waals surface area contributed by atoms with Crippen LogP contribution >= 0.6 is 11.6 Å². The largest absolute Gasteiger partial charge is 0.493 e. The van der Waals surface area contributed by atoms with E-state index in [1.165, 1.54) is 0 Å². The second kappa shape index (κ2) is 8.62. The number of halogens is 1. The van der Waals surface area contributed by atoms with Crippen molar-refractivity contribution in [3.8, 4) is 17.1 Å². The van der Waals surface area contributed by atoms with Crippen molar-refractivity contribution in [1.82, 2.24) is 18.8 Å². The summed E-state index contributed by atoms with van der Waals surface area (Å²) in [5, 5.41) is 0.626. The van der Waals surface area contributed by atoms with Gasteiger partial charge in [-0.3, -0.25) is 0 Å². The molecule has 0 N–H and O–H groups in total. The highest BCUT2D eigenvalue weighted by molar-refractivity contribution is 7.89. The number of pyridine rings is 1. The van der Waals surface area contributed by atoms with Crippen LogP contribution in [0.15, 0.2) is 59.5 Å². The number of benzene rings is 2. The number of sulfonamides is 1. The van der Waals surface area contributed by atoms with Crippen LogP contribution in [0.5, 0.6) is 5.75 Å². The smallest absolute Gasteiger partial charge is 0.243 e. The third-order valence-electron chi connectivity index (χ3n) is 6.88. The zero-order valence-corrected chi connectivity index (χ0v) is 20.9. The molecule has 35 heavy (non-hydrogen) atoms. The number of piperidine rings is 1. The van der Waals surface area contributed by atoms with Crippen molar-refractivity contribution < 1.29 is 13.2 Å². The Labute approximate surface area is 209 Å². The highest BCUT2D eigenvalue weighted by atomic mass is 35.5. The fourth-order valence-electron chi connectivity index (χ4n) is 5.06. The van der Waals surface area contributed by atoms with Crippen LogP contribution in [0, 0.1) is 6.92 Å². The van der Waals surface area contributed by atoms with Crippen LogP contribution < -0.4 is 4.74 Å². The number of rotatable bonds is 4. The molecule has 0 saturated carbocycles. The molecule has 180 valence electrons. The zero-order chi connectivity index (χ0) is 24.2. The van der Waals surface area contributed by atoms with E-state index in [1.807, 2.05) is 43.3 Å². The minimum absolute atomic E-state index is 0.0560. The molecule has 2 aromatic heterocycles. The lowest BCUT2D eigenvalue weighted by Gasteiger charge is -2.32. The second-order valence-electron chi connectivity index (χ2n) is 9.08. The number of aryl methyl sites for hydroxylation is 1. The van der Waals surface area contributed by atoms with E-state index in [0.717, 1.165) is 46.0 Å².